The van der Waals surface area contributed by atoms with E-state index in [1.807, 2.05) is 4.90 Å². The average molecular weight is 540 g/mol. The van der Waals surface area contributed by atoms with Crippen molar-refractivity contribution in [2.75, 3.05) is 85.4 Å². The summed E-state index contributed by atoms with van der Waals surface area (Å²) in [5.74, 6) is 0.0552. The number of aliphatic imine (C=N–C) groups is 1. The minimum atomic E-state index is -2.90. The SMILES string of the molecule is COCCN(C)N=C(N=C(N)N1CCN(CCNC(=O)C2CCNCC2)CC1)c1cnc(N)nc1C(F)F. The largest absolute Gasteiger partial charge is 0.383 e. The number of methoxy groups -OCH3 is 1. The molecule has 0 saturated carbocycles. The maximum Gasteiger partial charge on any atom is 0.281 e. The van der Waals surface area contributed by atoms with E-state index in [1.54, 1.807) is 14.2 Å². The molecule has 38 heavy (non-hydrogen) atoms. The number of nitrogens with zero attached hydrogens (tertiary/aromatic N) is 7. The predicted octanol–water partition coefficient (Wildman–Crippen LogP) is -0.716. The minimum Gasteiger partial charge on any atom is -0.383 e. The molecule has 15 heteroatoms. The number of hydrazone groups is 1. The van der Waals surface area contributed by atoms with Gasteiger partial charge in [0.15, 0.2) is 11.8 Å². The lowest BCUT2D eigenvalue weighted by Crippen LogP contribution is -2.52. The molecule has 2 saturated heterocycles. The summed E-state index contributed by atoms with van der Waals surface area (Å²) in [6.45, 7) is 6.48. The van der Waals surface area contributed by atoms with E-state index in [2.05, 4.69) is 35.6 Å². The van der Waals surface area contributed by atoms with Gasteiger partial charge in [-0.25, -0.2) is 18.7 Å². The third-order valence-corrected chi connectivity index (χ3v) is 6.52. The minimum absolute atomic E-state index is 0.0422. The standard InChI is InChI=1S/C23H39F2N11O2/c1-34(13-14-38-2)33-20(17-15-30-22(26)31-18(17)19(24)25)32-23(27)36-11-9-35(10-12-36)8-7-29-21(37)16-3-5-28-6-4-16/h15-16,19,28H,3-14H2,1-2H3,(H,29,37)(H2,26,30,31)(H2,27,32,33). The molecule has 0 aliphatic carbocycles. The number of guanidine groups is 1. The van der Waals surface area contributed by atoms with Crippen LogP contribution in [0.15, 0.2) is 16.3 Å². The number of rotatable bonds is 10. The average Bonchev–Trinajstić information content (AvgIpc) is 2.92. The van der Waals surface area contributed by atoms with Crippen LogP contribution in [-0.2, 0) is 9.53 Å². The first kappa shape index (κ1) is 29.4. The number of ether oxygens (including phenoxy) is 1. The molecule has 1 amide bonds. The lowest BCUT2D eigenvalue weighted by atomic mass is 9.97. The summed E-state index contributed by atoms with van der Waals surface area (Å²) in [6.07, 6.45) is 0.0233. The van der Waals surface area contributed by atoms with E-state index in [-0.39, 0.29) is 35.1 Å². The zero-order valence-electron chi connectivity index (χ0n) is 22.1. The van der Waals surface area contributed by atoms with Crippen LogP contribution in [0.1, 0.15) is 30.5 Å². The Kier molecular flexibility index (Phi) is 11.4. The van der Waals surface area contributed by atoms with Crippen LogP contribution in [0.2, 0.25) is 0 Å². The molecule has 2 aliphatic rings. The number of alkyl halides is 2. The third kappa shape index (κ3) is 8.70. The van der Waals surface area contributed by atoms with Gasteiger partial charge in [-0.2, -0.15) is 10.1 Å². The van der Waals surface area contributed by atoms with Crippen LogP contribution >= 0.6 is 0 Å². The highest BCUT2D eigenvalue weighted by atomic mass is 19.3. The Balaban J connectivity index is 1.62. The number of amidine groups is 1. The van der Waals surface area contributed by atoms with E-state index in [0.29, 0.717) is 45.9 Å². The molecule has 0 unspecified atom stereocenters. The summed E-state index contributed by atoms with van der Waals surface area (Å²) in [7, 11) is 3.23. The van der Waals surface area contributed by atoms with Gasteiger partial charge in [-0.1, -0.05) is 0 Å². The summed E-state index contributed by atoms with van der Waals surface area (Å²) in [5, 5.41) is 12.2. The Morgan fingerprint density at radius 2 is 2.03 bits per heavy atom. The number of halogens is 2. The van der Waals surface area contributed by atoms with Crippen LogP contribution in [0.3, 0.4) is 0 Å². The second-order valence-electron chi connectivity index (χ2n) is 9.24. The van der Waals surface area contributed by atoms with E-state index in [1.165, 1.54) is 11.2 Å². The number of amides is 1. The van der Waals surface area contributed by atoms with E-state index in [0.717, 1.165) is 32.5 Å². The van der Waals surface area contributed by atoms with Gasteiger partial charge in [-0.05, 0) is 25.9 Å². The second kappa shape index (κ2) is 14.7. The monoisotopic (exact) mass is 539 g/mol. The highest BCUT2D eigenvalue weighted by Gasteiger charge is 2.24. The fraction of sp³-hybridized carbons (Fsp3) is 0.696. The van der Waals surface area contributed by atoms with Gasteiger partial charge in [0.05, 0.1) is 18.7 Å². The van der Waals surface area contributed by atoms with Crippen LogP contribution < -0.4 is 22.1 Å². The molecule has 0 atom stereocenters. The number of anilines is 1. The van der Waals surface area contributed by atoms with Gasteiger partial charge in [-0.15, -0.1) is 0 Å². The van der Waals surface area contributed by atoms with Gasteiger partial charge in [-0.3, -0.25) is 14.7 Å². The summed E-state index contributed by atoms with van der Waals surface area (Å²) < 4.78 is 32.5. The van der Waals surface area contributed by atoms with E-state index in [9.17, 15) is 13.6 Å². The zero-order chi connectivity index (χ0) is 27.5. The van der Waals surface area contributed by atoms with Gasteiger partial charge in [0.25, 0.3) is 6.43 Å². The van der Waals surface area contributed by atoms with Crippen LogP contribution in [-0.4, -0.2) is 122 Å². The van der Waals surface area contributed by atoms with Gasteiger partial charge in [0, 0.05) is 65.5 Å². The van der Waals surface area contributed by atoms with Crippen molar-refractivity contribution in [3.63, 3.8) is 0 Å². The van der Waals surface area contributed by atoms with Crippen molar-refractivity contribution in [2.45, 2.75) is 19.3 Å². The number of nitrogens with two attached hydrogens (primary N) is 2. The number of hydrogen-bond acceptors (Lipinski definition) is 9. The van der Waals surface area contributed by atoms with Crippen molar-refractivity contribution in [1.82, 2.24) is 35.4 Å². The van der Waals surface area contributed by atoms with E-state index < -0.39 is 12.1 Å². The molecule has 2 aliphatic heterocycles. The van der Waals surface area contributed by atoms with Crippen molar-refractivity contribution < 1.29 is 18.3 Å². The van der Waals surface area contributed by atoms with Crippen molar-refractivity contribution in [2.24, 2.45) is 21.7 Å². The summed E-state index contributed by atoms with van der Waals surface area (Å²) in [5.41, 5.74) is 11.2. The maximum absolute atomic E-state index is 13.7. The highest BCUT2D eigenvalue weighted by Crippen LogP contribution is 2.22. The molecule has 13 nitrogen and oxygen atoms in total. The summed E-state index contributed by atoms with van der Waals surface area (Å²) in [6, 6.07) is 0. The highest BCUT2D eigenvalue weighted by molar-refractivity contribution is 6.06. The first-order valence-corrected chi connectivity index (χ1v) is 12.8. The third-order valence-electron chi connectivity index (χ3n) is 6.52. The Bertz CT molecular complexity index is 965. The van der Waals surface area contributed by atoms with Gasteiger partial charge < -0.3 is 31.7 Å². The molecule has 3 heterocycles. The number of nitrogen functional groups attached to an aromatic ring is 1. The fourth-order valence-corrected chi connectivity index (χ4v) is 4.26. The molecule has 1 aromatic rings. The van der Waals surface area contributed by atoms with Crippen molar-refractivity contribution >= 4 is 23.7 Å². The predicted molar refractivity (Wildman–Crippen MR) is 141 cm³/mol. The molecule has 0 bridgehead atoms. The molecular formula is C23H39F2N11O2. The Labute approximate surface area is 221 Å². The molecular weight excluding hydrogens is 500 g/mol. The number of aromatic nitrogens is 2. The van der Waals surface area contributed by atoms with Crippen LogP contribution in [0.4, 0.5) is 14.7 Å². The molecule has 212 valence electrons. The Morgan fingerprint density at radius 3 is 2.68 bits per heavy atom. The summed E-state index contributed by atoms with van der Waals surface area (Å²) in [4.78, 5) is 28.4. The molecule has 2 fully saturated rings. The van der Waals surface area contributed by atoms with E-state index in [4.69, 9.17) is 16.2 Å². The second-order valence-corrected chi connectivity index (χ2v) is 9.24. The molecule has 1 aromatic heterocycles. The number of carbonyl (C=O) groups excluding carboxylic acids is 1. The molecule has 0 radical (unpaired) electrons. The lowest BCUT2D eigenvalue weighted by Gasteiger charge is -2.35. The van der Waals surface area contributed by atoms with Crippen molar-refractivity contribution in [3.05, 3.63) is 17.5 Å². The van der Waals surface area contributed by atoms with Gasteiger partial charge in [0.2, 0.25) is 11.9 Å². The quantitative estimate of drug-likeness (QED) is 0.170. The smallest absolute Gasteiger partial charge is 0.281 e. The lowest BCUT2D eigenvalue weighted by molar-refractivity contribution is -0.125. The van der Waals surface area contributed by atoms with Crippen LogP contribution in [0.25, 0.3) is 0 Å². The fourth-order valence-electron chi connectivity index (χ4n) is 4.26. The number of hydrogen-bond donors (Lipinski definition) is 4. The number of likely N-dealkylation sites (N-methyl/N-ethyl adjacent to an activating group) is 1. The van der Waals surface area contributed by atoms with Gasteiger partial charge in [0.1, 0.15) is 5.69 Å². The van der Waals surface area contributed by atoms with Crippen LogP contribution in [0.5, 0.6) is 0 Å². The number of piperidine rings is 1. The Morgan fingerprint density at radius 1 is 1.32 bits per heavy atom. The first-order chi connectivity index (χ1) is 18.3. The van der Waals surface area contributed by atoms with Crippen molar-refractivity contribution in [3.8, 4) is 0 Å². The first-order valence-electron chi connectivity index (χ1n) is 12.8. The van der Waals surface area contributed by atoms with Crippen molar-refractivity contribution in [1.29, 1.82) is 0 Å². The molecule has 0 aromatic carbocycles. The molecule has 3 rings (SSSR count). The molecule has 6 N–H and O–H groups in total. The van der Waals surface area contributed by atoms with E-state index >= 15 is 0 Å². The number of nitrogens with one attached hydrogen (secondary N) is 2. The number of piperazine rings is 1. The molecule has 0 spiro atoms. The normalized spacial score (nSPS) is 18.2. The Hall–Kier alpha value is -3.17. The zero-order valence-corrected chi connectivity index (χ0v) is 22.1. The maximum atomic E-state index is 13.7. The van der Waals surface area contributed by atoms with Crippen LogP contribution in [0, 0.1) is 5.92 Å². The van der Waals surface area contributed by atoms with Gasteiger partial charge >= 0.3 is 0 Å². The number of carbonyl (C=O) groups is 1. The topological polar surface area (TPSA) is 163 Å². The summed E-state index contributed by atoms with van der Waals surface area (Å²) >= 11 is 0.